The molecule has 132 valence electrons. The highest BCUT2D eigenvalue weighted by atomic mass is 35.5. The van der Waals surface area contributed by atoms with Gasteiger partial charge in [-0.2, -0.15) is 0 Å². The van der Waals surface area contributed by atoms with Crippen LogP contribution < -0.4 is 5.32 Å². The smallest absolute Gasteiger partial charge is 0.0895 e. The first kappa shape index (κ1) is 17.2. The molecule has 2 aliphatic rings. The lowest BCUT2D eigenvalue weighted by Gasteiger charge is -2.44. The van der Waals surface area contributed by atoms with Gasteiger partial charge in [0.05, 0.1) is 12.1 Å². The second kappa shape index (κ2) is 6.83. The van der Waals surface area contributed by atoms with Crippen molar-refractivity contribution in [2.45, 2.75) is 44.8 Å². The molecule has 3 unspecified atom stereocenters. The summed E-state index contributed by atoms with van der Waals surface area (Å²) in [5.74, 6) is 0.837. The summed E-state index contributed by atoms with van der Waals surface area (Å²) in [6, 6.07) is 12.5. The van der Waals surface area contributed by atoms with Crippen LogP contribution in [0.4, 0.5) is 5.69 Å². The molecule has 25 heavy (non-hydrogen) atoms. The maximum absolute atomic E-state index is 6.52. The largest absolute Gasteiger partial charge is 0.377 e. The zero-order valence-electron chi connectivity index (χ0n) is 14.6. The Hall–Kier alpha value is -1.22. The van der Waals surface area contributed by atoms with Crippen molar-refractivity contribution >= 4 is 28.9 Å². The van der Waals surface area contributed by atoms with Crippen LogP contribution in [0.3, 0.4) is 0 Å². The number of nitrogens with one attached hydrogen (secondary N) is 1. The van der Waals surface area contributed by atoms with E-state index < -0.39 is 0 Å². The summed E-state index contributed by atoms with van der Waals surface area (Å²) in [4.78, 5) is 0. The summed E-state index contributed by atoms with van der Waals surface area (Å²) in [6.07, 6.45) is 2.27. The van der Waals surface area contributed by atoms with Crippen molar-refractivity contribution in [3.8, 4) is 0 Å². The summed E-state index contributed by atoms with van der Waals surface area (Å²) in [6.45, 7) is 5.27. The lowest BCUT2D eigenvalue weighted by Crippen LogP contribution is -2.36. The molecule has 0 aliphatic carbocycles. The second-order valence-electron chi connectivity index (χ2n) is 7.36. The van der Waals surface area contributed by atoms with E-state index in [2.05, 4.69) is 37.4 Å². The molecule has 0 spiro atoms. The topological polar surface area (TPSA) is 21.3 Å². The minimum Gasteiger partial charge on any atom is -0.377 e. The summed E-state index contributed by atoms with van der Waals surface area (Å²) >= 11 is 13.0. The van der Waals surface area contributed by atoms with Crippen LogP contribution in [0.1, 0.15) is 61.4 Å². The maximum Gasteiger partial charge on any atom is 0.0895 e. The molecule has 1 saturated heterocycles. The Balaban J connectivity index is 1.81. The average Bonchev–Trinajstić information content (AvgIpc) is 2.61. The molecule has 2 aromatic rings. The van der Waals surface area contributed by atoms with E-state index in [0.717, 1.165) is 40.7 Å². The monoisotopic (exact) mass is 375 g/mol. The fourth-order valence-corrected chi connectivity index (χ4v) is 4.77. The van der Waals surface area contributed by atoms with Crippen molar-refractivity contribution < 1.29 is 4.74 Å². The van der Waals surface area contributed by atoms with Gasteiger partial charge in [-0.25, -0.2) is 0 Å². The molecule has 2 aromatic carbocycles. The highest BCUT2D eigenvalue weighted by Crippen LogP contribution is 2.51. The molecule has 2 nitrogen and oxygen atoms in total. The number of halogens is 2. The van der Waals surface area contributed by atoms with E-state index in [1.807, 2.05) is 18.2 Å². The molecule has 0 amide bonds. The SMILES string of the molecule is CC(C)c1ccc2c(c1)C1OCCCC1C(c1c(Cl)cccc1Cl)N2. The lowest BCUT2D eigenvalue weighted by molar-refractivity contribution is -0.0381. The van der Waals surface area contributed by atoms with Gasteiger partial charge in [0.15, 0.2) is 0 Å². The Labute approximate surface area is 159 Å². The fraction of sp³-hybridized carbons (Fsp3) is 0.429. The first-order valence-corrected chi connectivity index (χ1v) is 9.77. The average molecular weight is 376 g/mol. The van der Waals surface area contributed by atoms with Crippen molar-refractivity contribution in [3.63, 3.8) is 0 Å². The second-order valence-corrected chi connectivity index (χ2v) is 8.17. The molecular weight excluding hydrogens is 353 g/mol. The van der Waals surface area contributed by atoms with Crippen molar-refractivity contribution in [2.75, 3.05) is 11.9 Å². The van der Waals surface area contributed by atoms with Gasteiger partial charge < -0.3 is 10.1 Å². The van der Waals surface area contributed by atoms with Crippen LogP contribution >= 0.6 is 23.2 Å². The van der Waals surface area contributed by atoms with Gasteiger partial charge in [-0.05, 0) is 42.5 Å². The van der Waals surface area contributed by atoms with Gasteiger partial charge in [-0.1, -0.05) is 55.2 Å². The van der Waals surface area contributed by atoms with E-state index in [1.54, 1.807) is 0 Å². The number of rotatable bonds is 2. The van der Waals surface area contributed by atoms with Crippen LogP contribution in [0.25, 0.3) is 0 Å². The molecule has 0 bridgehead atoms. The number of ether oxygens (including phenoxy) is 1. The molecule has 2 aliphatic heterocycles. The highest BCUT2D eigenvalue weighted by Gasteiger charge is 2.41. The van der Waals surface area contributed by atoms with Crippen LogP contribution in [-0.4, -0.2) is 6.61 Å². The molecule has 3 atom stereocenters. The van der Waals surface area contributed by atoms with Crippen LogP contribution in [0.15, 0.2) is 36.4 Å². The van der Waals surface area contributed by atoms with Gasteiger partial charge in [0, 0.05) is 39.4 Å². The molecule has 0 aromatic heterocycles. The summed E-state index contributed by atoms with van der Waals surface area (Å²) < 4.78 is 6.25. The van der Waals surface area contributed by atoms with E-state index in [-0.39, 0.29) is 12.1 Å². The predicted octanol–water partition coefficient (Wildman–Crippen LogP) is 6.75. The summed E-state index contributed by atoms with van der Waals surface area (Å²) in [7, 11) is 0. The van der Waals surface area contributed by atoms with Crippen LogP contribution in [0.5, 0.6) is 0 Å². The molecular formula is C21H23Cl2NO. The van der Waals surface area contributed by atoms with E-state index >= 15 is 0 Å². The Morgan fingerprint density at radius 2 is 1.88 bits per heavy atom. The molecule has 1 N–H and O–H groups in total. The zero-order valence-corrected chi connectivity index (χ0v) is 16.1. The van der Waals surface area contributed by atoms with Crippen molar-refractivity contribution in [3.05, 3.63) is 63.1 Å². The third kappa shape index (κ3) is 3.05. The van der Waals surface area contributed by atoms with E-state index in [9.17, 15) is 0 Å². The highest BCUT2D eigenvalue weighted by molar-refractivity contribution is 6.36. The van der Waals surface area contributed by atoms with Gasteiger partial charge >= 0.3 is 0 Å². The van der Waals surface area contributed by atoms with Crippen molar-refractivity contribution in [1.82, 2.24) is 0 Å². The number of anilines is 1. The number of hydrogen-bond acceptors (Lipinski definition) is 2. The minimum absolute atomic E-state index is 0.0731. The Bertz CT molecular complexity index is 769. The molecule has 1 fully saturated rings. The van der Waals surface area contributed by atoms with E-state index in [4.69, 9.17) is 27.9 Å². The van der Waals surface area contributed by atoms with Gasteiger partial charge in [0.1, 0.15) is 0 Å². The number of fused-ring (bicyclic) bond motifs is 3. The molecule has 4 rings (SSSR count). The summed E-state index contributed by atoms with van der Waals surface area (Å²) in [5, 5.41) is 5.15. The molecule has 0 radical (unpaired) electrons. The number of hydrogen-bond donors (Lipinski definition) is 1. The lowest BCUT2D eigenvalue weighted by atomic mass is 9.77. The standard InChI is InChI=1S/C21H23Cl2NO/c1-12(2)13-8-9-18-15(11-13)21-14(5-4-10-25-21)20(24-18)19-16(22)6-3-7-17(19)23/h3,6-9,11-12,14,20-21,24H,4-5,10H2,1-2H3. The fourth-order valence-electron chi connectivity index (χ4n) is 4.14. The third-order valence-electron chi connectivity index (χ3n) is 5.47. The summed E-state index contributed by atoms with van der Waals surface area (Å²) in [5.41, 5.74) is 4.75. The van der Waals surface area contributed by atoms with E-state index in [1.165, 1.54) is 11.1 Å². The molecule has 0 saturated carbocycles. The zero-order chi connectivity index (χ0) is 17.6. The van der Waals surface area contributed by atoms with Gasteiger partial charge in [-0.15, -0.1) is 0 Å². The van der Waals surface area contributed by atoms with Gasteiger partial charge in [0.25, 0.3) is 0 Å². The normalized spacial score (nSPS) is 25.2. The van der Waals surface area contributed by atoms with Gasteiger partial charge in [0.2, 0.25) is 0 Å². The van der Waals surface area contributed by atoms with Crippen LogP contribution in [-0.2, 0) is 4.74 Å². The minimum atomic E-state index is 0.0731. The molecule has 2 heterocycles. The number of benzene rings is 2. The Kier molecular flexibility index (Phi) is 4.70. The van der Waals surface area contributed by atoms with Crippen LogP contribution in [0.2, 0.25) is 10.0 Å². The predicted molar refractivity (Wildman–Crippen MR) is 105 cm³/mol. The van der Waals surface area contributed by atoms with Crippen LogP contribution in [0, 0.1) is 5.92 Å². The van der Waals surface area contributed by atoms with Crippen molar-refractivity contribution in [1.29, 1.82) is 0 Å². The Morgan fingerprint density at radius 3 is 2.60 bits per heavy atom. The van der Waals surface area contributed by atoms with E-state index in [0.29, 0.717) is 11.8 Å². The quantitative estimate of drug-likeness (QED) is 0.626. The first-order valence-electron chi connectivity index (χ1n) is 9.02. The van der Waals surface area contributed by atoms with Crippen molar-refractivity contribution in [2.24, 2.45) is 5.92 Å². The third-order valence-corrected chi connectivity index (χ3v) is 6.13. The Morgan fingerprint density at radius 1 is 1.12 bits per heavy atom. The maximum atomic E-state index is 6.52. The first-order chi connectivity index (χ1) is 12.1. The van der Waals surface area contributed by atoms with Gasteiger partial charge in [-0.3, -0.25) is 0 Å². The molecule has 4 heteroatoms.